The molecule has 1 unspecified atom stereocenters. The van der Waals surface area contributed by atoms with E-state index < -0.39 is 18.0 Å². The summed E-state index contributed by atoms with van der Waals surface area (Å²) in [5.74, 6) is -1.68. The molecule has 0 fully saturated rings. The minimum Gasteiger partial charge on any atom is -0.544 e. The number of hydrogen-bond acceptors (Lipinski definition) is 5. The van der Waals surface area contributed by atoms with Crippen LogP contribution in [-0.2, 0) is 9.59 Å². The van der Waals surface area contributed by atoms with Gasteiger partial charge in [-0.25, -0.2) is 0 Å². The van der Waals surface area contributed by atoms with Gasteiger partial charge in [-0.1, -0.05) is 64.0 Å². The molecule has 0 heterocycles. The van der Waals surface area contributed by atoms with Crippen molar-refractivity contribution in [1.82, 2.24) is 0 Å². The van der Waals surface area contributed by atoms with Crippen molar-refractivity contribution >= 4 is 11.9 Å². The third kappa shape index (κ3) is 25.0. The number of unbranched alkanes of at least 4 members (excludes halogenated alkanes) is 8. The molecule has 0 aromatic heterocycles. The molecule has 0 aliphatic heterocycles. The Kier molecular flexibility index (Phi) is 22.9. The number of aliphatic hydroxyl groups is 1. The lowest BCUT2D eigenvalue weighted by Gasteiger charge is -2.34. The SMILES string of the molecule is CCCCCC[C@@H](O)C/C=C\CCCCCCCC(=O)O.C[N+](C)(C)C(CCCN)C(=O)[O-]. The van der Waals surface area contributed by atoms with Gasteiger partial charge in [0, 0.05) is 12.8 Å². The van der Waals surface area contributed by atoms with Gasteiger partial charge < -0.3 is 30.3 Å². The minimum absolute atomic E-state index is 0.172. The van der Waals surface area contributed by atoms with Crippen molar-refractivity contribution in [3.8, 4) is 0 Å². The molecule has 0 saturated carbocycles. The maximum Gasteiger partial charge on any atom is 0.303 e. The number of aliphatic carboxylic acids is 2. The number of carbonyl (C=O) groups is 2. The second kappa shape index (κ2) is 22.4. The molecule has 4 N–H and O–H groups in total. The lowest BCUT2D eigenvalue weighted by Crippen LogP contribution is -2.54. The van der Waals surface area contributed by atoms with Crippen molar-refractivity contribution in [2.24, 2.45) is 5.73 Å². The number of allylic oxidation sites excluding steroid dienone is 1. The Balaban J connectivity index is 0. The summed E-state index contributed by atoms with van der Waals surface area (Å²) in [7, 11) is 5.53. The molecule has 0 amide bonds. The van der Waals surface area contributed by atoms with Crippen LogP contribution in [-0.4, -0.2) is 66.5 Å². The zero-order chi connectivity index (χ0) is 25.5. The predicted molar refractivity (Wildman–Crippen MR) is 134 cm³/mol. The van der Waals surface area contributed by atoms with Gasteiger partial charge >= 0.3 is 5.97 Å². The highest BCUT2D eigenvalue weighted by atomic mass is 16.4. The summed E-state index contributed by atoms with van der Waals surface area (Å²) in [4.78, 5) is 21.0. The normalized spacial score (nSPS) is 13.4. The van der Waals surface area contributed by atoms with Crippen LogP contribution >= 0.6 is 0 Å². The maximum atomic E-state index is 10.7. The molecule has 0 spiro atoms. The Morgan fingerprint density at radius 3 is 2.06 bits per heavy atom. The molecule has 0 aromatic carbocycles. The average molecular weight is 473 g/mol. The molecule has 196 valence electrons. The number of carboxylic acid groups (broad SMARTS) is 2. The summed E-state index contributed by atoms with van der Waals surface area (Å²) in [5, 5.41) is 29.0. The summed E-state index contributed by atoms with van der Waals surface area (Å²) in [5.41, 5.74) is 5.30. The van der Waals surface area contributed by atoms with Crippen LogP contribution in [0.4, 0.5) is 0 Å². The third-order valence-electron chi connectivity index (χ3n) is 5.62. The number of carbonyl (C=O) groups excluding carboxylic acids is 1. The van der Waals surface area contributed by atoms with Crippen LogP contribution in [0.25, 0.3) is 0 Å². The van der Waals surface area contributed by atoms with E-state index in [1.165, 1.54) is 25.7 Å². The topological polar surface area (TPSA) is 124 Å². The number of nitrogens with zero attached hydrogens (tertiary/aromatic N) is 1. The van der Waals surface area contributed by atoms with Crippen LogP contribution in [0.3, 0.4) is 0 Å². The van der Waals surface area contributed by atoms with E-state index in [1.807, 2.05) is 21.1 Å². The number of hydrogen-bond donors (Lipinski definition) is 3. The number of rotatable bonds is 20. The van der Waals surface area contributed by atoms with Gasteiger partial charge in [0.2, 0.25) is 0 Å². The van der Waals surface area contributed by atoms with Crippen LogP contribution in [0.5, 0.6) is 0 Å². The first-order valence-corrected chi connectivity index (χ1v) is 12.8. The Morgan fingerprint density at radius 1 is 0.909 bits per heavy atom. The fraction of sp³-hybridized carbons (Fsp3) is 0.846. The van der Waals surface area contributed by atoms with E-state index in [2.05, 4.69) is 19.1 Å². The second-order valence-corrected chi connectivity index (χ2v) is 9.79. The molecular formula is C26H52N2O5. The molecule has 7 heteroatoms. The zero-order valence-electron chi connectivity index (χ0n) is 21.8. The van der Waals surface area contributed by atoms with Gasteiger partial charge in [-0.3, -0.25) is 4.79 Å². The first kappa shape index (κ1) is 33.7. The van der Waals surface area contributed by atoms with Gasteiger partial charge in [-0.15, -0.1) is 0 Å². The molecule has 7 nitrogen and oxygen atoms in total. The van der Waals surface area contributed by atoms with Crippen molar-refractivity contribution in [3.05, 3.63) is 12.2 Å². The second-order valence-electron chi connectivity index (χ2n) is 9.79. The molecule has 0 bridgehead atoms. The standard InChI is InChI=1S/C18H34O3.C8H18N2O2/c1-2-3-4-11-14-17(19)15-12-9-7-5-6-8-10-13-16-18(20)21;1-10(2,3)7(8(11)12)5-4-6-9/h9,12,17,19H,2-8,10-11,13-16H2,1H3,(H,20,21);7H,4-6,9H2,1-3H3/b12-9-;/t17-;/m1./s1. The Morgan fingerprint density at radius 2 is 1.52 bits per heavy atom. The van der Waals surface area contributed by atoms with Gasteiger partial charge in [0.25, 0.3) is 0 Å². The molecule has 0 rings (SSSR count). The van der Waals surface area contributed by atoms with Crippen molar-refractivity contribution < 1.29 is 29.4 Å². The molecule has 2 atom stereocenters. The fourth-order valence-electron chi connectivity index (χ4n) is 3.50. The smallest absolute Gasteiger partial charge is 0.303 e. The fourth-order valence-corrected chi connectivity index (χ4v) is 3.50. The van der Waals surface area contributed by atoms with Gasteiger partial charge in [-0.05, 0) is 45.1 Å². The van der Waals surface area contributed by atoms with E-state index >= 15 is 0 Å². The van der Waals surface area contributed by atoms with E-state index in [4.69, 9.17) is 10.8 Å². The number of likely N-dealkylation sites (N-methyl/N-ethyl adjacent to an activating group) is 1. The lowest BCUT2D eigenvalue weighted by molar-refractivity contribution is -0.889. The molecule has 0 aliphatic rings. The Hall–Kier alpha value is -1.44. The number of aliphatic hydroxyl groups excluding tert-OH is 1. The summed E-state index contributed by atoms with van der Waals surface area (Å²) in [6.07, 6.45) is 18.7. The predicted octanol–water partition coefficient (Wildman–Crippen LogP) is 3.63. The Labute approximate surface area is 202 Å². The maximum absolute atomic E-state index is 10.7. The molecule has 33 heavy (non-hydrogen) atoms. The van der Waals surface area contributed by atoms with Gasteiger partial charge in [0.05, 0.1) is 33.2 Å². The van der Waals surface area contributed by atoms with E-state index in [-0.39, 0.29) is 6.10 Å². The molecule has 0 aromatic rings. The zero-order valence-corrected chi connectivity index (χ0v) is 21.8. The van der Waals surface area contributed by atoms with Crippen molar-refractivity contribution in [1.29, 1.82) is 0 Å². The minimum atomic E-state index is -0.990. The average Bonchev–Trinajstić information content (AvgIpc) is 2.72. The summed E-state index contributed by atoms with van der Waals surface area (Å²) >= 11 is 0. The molecular weight excluding hydrogens is 420 g/mol. The van der Waals surface area contributed by atoms with Gasteiger partial charge in [-0.2, -0.15) is 0 Å². The monoisotopic (exact) mass is 472 g/mol. The highest BCUT2D eigenvalue weighted by Crippen LogP contribution is 2.11. The van der Waals surface area contributed by atoms with E-state index in [0.29, 0.717) is 23.9 Å². The van der Waals surface area contributed by atoms with Gasteiger partial charge in [0.1, 0.15) is 6.04 Å². The summed E-state index contributed by atoms with van der Waals surface area (Å²) in [6.45, 7) is 2.73. The van der Waals surface area contributed by atoms with E-state index in [0.717, 1.165) is 57.8 Å². The van der Waals surface area contributed by atoms with Crippen molar-refractivity contribution in [2.45, 2.75) is 115 Å². The largest absolute Gasteiger partial charge is 0.544 e. The quantitative estimate of drug-likeness (QED) is 0.141. The first-order chi connectivity index (χ1) is 15.6. The summed E-state index contributed by atoms with van der Waals surface area (Å²) in [6, 6.07) is -0.450. The number of carboxylic acids is 2. The van der Waals surface area contributed by atoms with Crippen LogP contribution in [0.15, 0.2) is 12.2 Å². The highest BCUT2D eigenvalue weighted by Gasteiger charge is 2.23. The van der Waals surface area contributed by atoms with Crippen molar-refractivity contribution in [3.63, 3.8) is 0 Å². The molecule has 0 aliphatic carbocycles. The number of quaternary nitrogens is 1. The molecule has 0 saturated heterocycles. The van der Waals surface area contributed by atoms with Gasteiger partial charge in [0.15, 0.2) is 0 Å². The highest BCUT2D eigenvalue weighted by molar-refractivity contribution is 5.69. The van der Waals surface area contributed by atoms with Crippen LogP contribution < -0.4 is 10.8 Å². The third-order valence-corrected chi connectivity index (χ3v) is 5.62. The molecule has 0 radical (unpaired) electrons. The first-order valence-electron chi connectivity index (χ1n) is 12.8. The van der Waals surface area contributed by atoms with Crippen molar-refractivity contribution in [2.75, 3.05) is 27.7 Å². The van der Waals surface area contributed by atoms with Crippen LogP contribution in [0.1, 0.15) is 103 Å². The van der Waals surface area contributed by atoms with E-state index in [1.54, 1.807) is 0 Å². The lowest BCUT2D eigenvalue weighted by atomic mass is 10.1. The Bertz CT molecular complexity index is 503. The van der Waals surface area contributed by atoms with Crippen LogP contribution in [0.2, 0.25) is 0 Å². The number of nitrogens with two attached hydrogens (primary N) is 1. The van der Waals surface area contributed by atoms with E-state index in [9.17, 15) is 19.8 Å². The summed E-state index contributed by atoms with van der Waals surface area (Å²) < 4.78 is 0.391. The van der Waals surface area contributed by atoms with Crippen LogP contribution in [0, 0.1) is 0 Å².